The molecule has 1 aliphatic heterocycles. The van der Waals surface area contributed by atoms with E-state index in [1.807, 2.05) is 41.1 Å². The largest absolute Gasteiger partial charge is 0.493 e. The van der Waals surface area contributed by atoms with Gasteiger partial charge in [-0.25, -0.2) is 14.9 Å². The number of hydrogen-bond donors (Lipinski definition) is 0. The Morgan fingerprint density at radius 2 is 1.59 bits per heavy atom. The van der Waals surface area contributed by atoms with Gasteiger partial charge in [-0.1, -0.05) is 42.1 Å². The number of nitrogens with zero attached hydrogens (tertiary/aromatic N) is 4. The number of amides is 2. The van der Waals surface area contributed by atoms with Crippen LogP contribution in [0.15, 0.2) is 84.4 Å². The van der Waals surface area contributed by atoms with Crippen LogP contribution in [-0.2, 0) is 5.75 Å². The lowest BCUT2D eigenvalue weighted by Crippen LogP contribution is -2.30. The molecule has 2 aromatic heterocycles. The number of thioether (sulfide) groups is 1. The van der Waals surface area contributed by atoms with Crippen LogP contribution in [0.3, 0.4) is 0 Å². The summed E-state index contributed by atoms with van der Waals surface area (Å²) in [7, 11) is 1.60. The second-order valence-corrected chi connectivity index (χ2v) is 7.96. The number of anilines is 1. The van der Waals surface area contributed by atoms with E-state index >= 15 is 0 Å². The average Bonchev–Trinajstić information content (AvgIpc) is 3.40. The fourth-order valence-electron chi connectivity index (χ4n) is 3.68. The third kappa shape index (κ3) is 3.34. The van der Waals surface area contributed by atoms with Crippen LogP contribution < -0.4 is 9.64 Å². The molecule has 2 amide bonds. The number of para-hydroxylation sites is 1. The SMILES string of the molecule is COc1cccnc1-n1ccnc1SCc1ccccc1N1C(=O)c2ccccc2C1=O. The minimum absolute atomic E-state index is 0.303. The van der Waals surface area contributed by atoms with Gasteiger partial charge in [0.05, 0.1) is 23.9 Å². The van der Waals surface area contributed by atoms with Crippen molar-refractivity contribution >= 4 is 29.3 Å². The molecule has 32 heavy (non-hydrogen) atoms. The summed E-state index contributed by atoms with van der Waals surface area (Å²) in [4.78, 5) is 36.1. The number of carbonyl (C=O) groups is 2. The molecular formula is C24H18N4O3S. The molecule has 0 fully saturated rings. The van der Waals surface area contributed by atoms with Crippen LogP contribution in [0.25, 0.3) is 5.82 Å². The van der Waals surface area contributed by atoms with Crippen molar-refractivity contribution in [2.24, 2.45) is 0 Å². The van der Waals surface area contributed by atoms with Crippen molar-refractivity contribution in [1.29, 1.82) is 0 Å². The average molecular weight is 443 g/mol. The predicted octanol–water partition coefficient (Wildman–Crippen LogP) is 4.37. The normalized spacial score (nSPS) is 12.8. The van der Waals surface area contributed by atoms with Crippen LogP contribution in [0, 0.1) is 0 Å². The Morgan fingerprint density at radius 3 is 2.34 bits per heavy atom. The van der Waals surface area contributed by atoms with Gasteiger partial charge in [0.15, 0.2) is 16.7 Å². The van der Waals surface area contributed by atoms with Crippen molar-refractivity contribution in [3.05, 3.63) is 95.9 Å². The van der Waals surface area contributed by atoms with E-state index in [0.29, 0.717) is 34.1 Å². The lowest BCUT2D eigenvalue weighted by atomic mass is 10.1. The minimum atomic E-state index is -0.303. The van der Waals surface area contributed by atoms with E-state index in [2.05, 4.69) is 9.97 Å². The fourth-order valence-corrected chi connectivity index (χ4v) is 4.63. The number of imide groups is 1. The van der Waals surface area contributed by atoms with Gasteiger partial charge in [0.2, 0.25) is 0 Å². The van der Waals surface area contributed by atoms with Gasteiger partial charge in [0.25, 0.3) is 11.8 Å². The van der Waals surface area contributed by atoms with Crippen molar-refractivity contribution in [2.45, 2.75) is 10.9 Å². The molecule has 7 nitrogen and oxygen atoms in total. The zero-order valence-corrected chi connectivity index (χ0v) is 18.0. The smallest absolute Gasteiger partial charge is 0.266 e. The summed E-state index contributed by atoms with van der Waals surface area (Å²) in [6.45, 7) is 0. The number of methoxy groups -OCH3 is 1. The molecule has 5 rings (SSSR count). The molecule has 0 radical (unpaired) electrons. The third-order valence-corrected chi connectivity index (χ3v) is 6.20. The number of benzene rings is 2. The summed E-state index contributed by atoms with van der Waals surface area (Å²) < 4.78 is 7.28. The standard InChI is InChI=1S/C24H18N4O3S/c1-31-20-11-6-12-25-21(20)27-14-13-26-24(27)32-15-16-7-2-5-10-19(16)28-22(29)17-8-3-4-9-18(17)23(28)30/h2-14H,15H2,1H3. The number of imidazole rings is 1. The highest BCUT2D eigenvalue weighted by Crippen LogP contribution is 2.34. The van der Waals surface area contributed by atoms with E-state index in [1.54, 1.807) is 49.8 Å². The second-order valence-electron chi connectivity index (χ2n) is 7.02. The van der Waals surface area contributed by atoms with Gasteiger partial charge in [-0.2, -0.15) is 0 Å². The summed E-state index contributed by atoms with van der Waals surface area (Å²) in [6, 6.07) is 18.0. The maximum absolute atomic E-state index is 13.0. The van der Waals surface area contributed by atoms with Gasteiger partial charge in [0.1, 0.15) is 0 Å². The molecule has 1 aliphatic rings. The first-order valence-electron chi connectivity index (χ1n) is 9.90. The van der Waals surface area contributed by atoms with Gasteiger partial charge >= 0.3 is 0 Å². The minimum Gasteiger partial charge on any atom is -0.493 e. The van der Waals surface area contributed by atoms with Gasteiger partial charge in [-0.15, -0.1) is 0 Å². The lowest BCUT2D eigenvalue weighted by molar-refractivity contribution is 0.0926. The van der Waals surface area contributed by atoms with Crippen molar-refractivity contribution in [2.75, 3.05) is 12.0 Å². The zero-order chi connectivity index (χ0) is 22.1. The first-order chi connectivity index (χ1) is 15.7. The number of rotatable bonds is 6. The summed E-state index contributed by atoms with van der Waals surface area (Å²) in [5, 5.41) is 0.721. The summed E-state index contributed by atoms with van der Waals surface area (Å²) >= 11 is 1.49. The van der Waals surface area contributed by atoms with Crippen LogP contribution in [0.4, 0.5) is 5.69 Å². The Labute approximate surface area is 188 Å². The van der Waals surface area contributed by atoms with E-state index in [9.17, 15) is 9.59 Å². The molecule has 0 atom stereocenters. The Hall–Kier alpha value is -3.91. The molecule has 4 aromatic rings. The Kier molecular flexibility index (Phi) is 5.20. The molecule has 0 N–H and O–H groups in total. The van der Waals surface area contributed by atoms with E-state index in [-0.39, 0.29) is 11.8 Å². The molecule has 158 valence electrons. The van der Waals surface area contributed by atoms with Crippen LogP contribution in [0.2, 0.25) is 0 Å². The molecular weight excluding hydrogens is 424 g/mol. The van der Waals surface area contributed by atoms with E-state index < -0.39 is 0 Å². The predicted molar refractivity (Wildman–Crippen MR) is 121 cm³/mol. The van der Waals surface area contributed by atoms with Gasteiger partial charge < -0.3 is 4.74 Å². The number of fused-ring (bicyclic) bond motifs is 1. The molecule has 0 bridgehead atoms. The maximum Gasteiger partial charge on any atom is 0.266 e. The maximum atomic E-state index is 13.0. The van der Waals surface area contributed by atoms with Crippen LogP contribution in [-0.4, -0.2) is 33.5 Å². The molecule has 0 unspecified atom stereocenters. The summed E-state index contributed by atoms with van der Waals surface area (Å²) in [6.07, 6.45) is 5.22. The Bertz CT molecular complexity index is 1300. The van der Waals surface area contributed by atoms with E-state index in [1.165, 1.54) is 16.7 Å². The molecule has 0 saturated carbocycles. The van der Waals surface area contributed by atoms with Crippen molar-refractivity contribution in [3.8, 4) is 11.6 Å². The highest BCUT2D eigenvalue weighted by molar-refractivity contribution is 7.98. The number of pyridine rings is 1. The van der Waals surface area contributed by atoms with Crippen molar-refractivity contribution in [3.63, 3.8) is 0 Å². The summed E-state index contributed by atoms with van der Waals surface area (Å²) in [5.74, 6) is 1.18. The highest BCUT2D eigenvalue weighted by Gasteiger charge is 2.37. The van der Waals surface area contributed by atoms with E-state index in [0.717, 1.165) is 10.7 Å². The third-order valence-electron chi connectivity index (χ3n) is 5.19. The summed E-state index contributed by atoms with van der Waals surface area (Å²) in [5.41, 5.74) is 2.30. The second kappa shape index (κ2) is 8.32. The molecule has 0 aliphatic carbocycles. The lowest BCUT2D eigenvalue weighted by Gasteiger charge is -2.18. The quantitative estimate of drug-likeness (QED) is 0.326. The first kappa shape index (κ1) is 20.0. The number of carbonyl (C=O) groups excluding carboxylic acids is 2. The van der Waals surface area contributed by atoms with Gasteiger partial charge in [-0.3, -0.25) is 14.2 Å². The molecule has 2 aromatic carbocycles. The number of hydrogen-bond acceptors (Lipinski definition) is 6. The van der Waals surface area contributed by atoms with Gasteiger partial charge in [0, 0.05) is 24.3 Å². The monoisotopic (exact) mass is 442 g/mol. The molecule has 8 heteroatoms. The molecule has 0 spiro atoms. The van der Waals surface area contributed by atoms with Gasteiger partial charge in [-0.05, 0) is 35.9 Å². The van der Waals surface area contributed by atoms with Crippen LogP contribution in [0.5, 0.6) is 5.75 Å². The Balaban J connectivity index is 1.44. The van der Waals surface area contributed by atoms with E-state index in [4.69, 9.17) is 4.74 Å². The topological polar surface area (TPSA) is 77.3 Å². The molecule has 0 saturated heterocycles. The fraction of sp³-hybridized carbons (Fsp3) is 0.0833. The van der Waals surface area contributed by atoms with Crippen molar-refractivity contribution in [1.82, 2.24) is 14.5 Å². The number of aromatic nitrogens is 3. The first-order valence-corrected chi connectivity index (χ1v) is 10.9. The Morgan fingerprint density at radius 1 is 0.875 bits per heavy atom. The zero-order valence-electron chi connectivity index (χ0n) is 17.1. The van der Waals surface area contributed by atoms with Crippen molar-refractivity contribution < 1.29 is 14.3 Å². The van der Waals surface area contributed by atoms with Crippen LogP contribution in [0.1, 0.15) is 26.3 Å². The molecule has 3 heterocycles. The van der Waals surface area contributed by atoms with Crippen LogP contribution >= 0.6 is 11.8 Å². The highest BCUT2D eigenvalue weighted by atomic mass is 32.2. The number of ether oxygens (including phenoxy) is 1.